The summed E-state index contributed by atoms with van der Waals surface area (Å²) in [5, 5.41) is 19.0. The summed E-state index contributed by atoms with van der Waals surface area (Å²) in [7, 11) is 0. The normalized spacial score (nSPS) is 18.0. The van der Waals surface area contributed by atoms with Gasteiger partial charge in [-0.05, 0) is 34.9 Å². The maximum atomic E-state index is 13.2. The number of carboxylic acid groups (broad SMARTS) is 1. The summed E-state index contributed by atoms with van der Waals surface area (Å²) >= 11 is 0. The van der Waals surface area contributed by atoms with E-state index in [4.69, 9.17) is 0 Å². The average molecular weight is 351 g/mol. The van der Waals surface area contributed by atoms with E-state index in [0.717, 1.165) is 6.07 Å². The number of fused-ring (bicyclic) bond motifs is 1. The lowest BCUT2D eigenvalue weighted by molar-refractivity contribution is -0.141. The Morgan fingerprint density at radius 3 is 2.60 bits per heavy atom. The van der Waals surface area contributed by atoms with Crippen molar-refractivity contribution in [3.8, 4) is 5.75 Å². The van der Waals surface area contributed by atoms with Crippen LogP contribution in [0.1, 0.15) is 28.2 Å². The third kappa shape index (κ3) is 3.61. The van der Waals surface area contributed by atoms with Crippen LogP contribution in [0, 0.1) is 0 Å². The molecule has 2 aromatic carbocycles. The van der Waals surface area contributed by atoms with Crippen molar-refractivity contribution in [3.63, 3.8) is 0 Å². The molecule has 25 heavy (non-hydrogen) atoms. The largest absolute Gasteiger partial charge is 0.508 e. The number of hydrogen-bond acceptors (Lipinski definition) is 3. The topological polar surface area (TPSA) is 60.8 Å². The summed E-state index contributed by atoms with van der Waals surface area (Å²) in [4.78, 5) is 13.2. The van der Waals surface area contributed by atoms with Crippen LogP contribution in [0.4, 0.5) is 13.2 Å². The molecule has 1 unspecified atom stereocenters. The quantitative estimate of drug-likeness (QED) is 0.887. The minimum Gasteiger partial charge on any atom is -0.508 e. The lowest BCUT2D eigenvalue weighted by Gasteiger charge is -2.33. The second-order valence-electron chi connectivity index (χ2n) is 6.10. The Kier molecular flexibility index (Phi) is 4.43. The van der Waals surface area contributed by atoms with Gasteiger partial charge in [0.1, 0.15) is 5.75 Å². The fourth-order valence-corrected chi connectivity index (χ4v) is 3.22. The first-order valence-corrected chi connectivity index (χ1v) is 7.68. The maximum absolute atomic E-state index is 13.2. The summed E-state index contributed by atoms with van der Waals surface area (Å²) in [6, 6.07) is 9.78. The number of carbonyl (C=O) groups is 1. The smallest absolute Gasteiger partial charge is 0.416 e. The minimum absolute atomic E-state index is 0.000218. The molecule has 0 saturated carbocycles. The minimum atomic E-state index is -4.46. The van der Waals surface area contributed by atoms with Crippen LogP contribution in [0.15, 0.2) is 42.5 Å². The summed E-state index contributed by atoms with van der Waals surface area (Å²) in [6.07, 6.45) is -4.46. The predicted molar refractivity (Wildman–Crippen MR) is 84.0 cm³/mol. The number of alkyl halides is 3. The van der Waals surface area contributed by atoms with Gasteiger partial charge in [0, 0.05) is 19.6 Å². The highest BCUT2D eigenvalue weighted by Crippen LogP contribution is 2.35. The highest BCUT2D eigenvalue weighted by atomic mass is 19.4. The maximum Gasteiger partial charge on any atom is 0.416 e. The van der Waals surface area contributed by atoms with Gasteiger partial charge < -0.3 is 10.2 Å². The van der Waals surface area contributed by atoms with E-state index in [1.807, 2.05) is 0 Å². The predicted octanol–water partition coefficient (Wildman–Crippen LogP) is 3.60. The molecule has 2 N–H and O–H groups in total. The van der Waals surface area contributed by atoms with Gasteiger partial charge in [0.15, 0.2) is 0 Å². The third-order valence-corrected chi connectivity index (χ3v) is 4.35. The van der Waals surface area contributed by atoms with Gasteiger partial charge in [-0.2, -0.15) is 13.2 Å². The first-order chi connectivity index (χ1) is 11.8. The number of aromatic hydroxyl groups is 1. The zero-order valence-corrected chi connectivity index (χ0v) is 13.1. The fraction of sp³-hybridized carbons (Fsp3) is 0.278. The molecule has 1 atom stereocenters. The molecule has 132 valence electrons. The van der Waals surface area contributed by atoms with E-state index in [-0.39, 0.29) is 24.4 Å². The van der Waals surface area contributed by atoms with Gasteiger partial charge in [-0.15, -0.1) is 0 Å². The number of benzene rings is 2. The molecule has 7 heteroatoms. The Hall–Kier alpha value is -2.54. The van der Waals surface area contributed by atoms with Crippen LogP contribution in [0.2, 0.25) is 0 Å². The van der Waals surface area contributed by atoms with E-state index < -0.39 is 23.6 Å². The molecule has 1 aliphatic heterocycles. The Balaban J connectivity index is 1.91. The Morgan fingerprint density at radius 1 is 1.20 bits per heavy atom. The average Bonchev–Trinajstić information content (AvgIpc) is 2.54. The monoisotopic (exact) mass is 351 g/mol. The number of phenolic OH excluding ortho intramolecular Hbond substituents is 1. The first-order valence-electron chi connectivity index (χ1n) is 7.68. The molecular weight excluding hydrogens is 335 g/mol. The van der Waals surface area contributed by atoms with Crippen LogP contribution in [0.5, 0.6) is 5.75 Å². The van der Waals surface area contributed by atoms with Crippen LogP contribution >= 0.6 is 0 Å². The standard InChI is InChI=1S/C18H16F3NO3/c19-18(20,21)16-4-2-1-3-12(16)9-22-8-11-5-6-13(23)7-14(11)15(10-22)17(24)25/h1-7,15,23H,8-10H2,(H,24,25). The molecule has 0 aromatic heterocycles. The van der Waals surface area contributed by atoms with Crippen molar-refractivity contribution >= 4 is 5.97 Å². The van der Waals surface area contributed by atoms with Crippen LogP contribution in [-0.2, 0) is 24.1 Å². The zero-order valence-electron chi connectivity index (χ0n) is 13.1. The Labute approximate surface area is 142 Å². The van der Waals surface area contributed by atoms with Crippen molar-refractivity contribution in [3.05, 3.63) is 64.7 Å². The number of nitrogens with zero attached hydrogens (tertiary/aromatic N) is 1. The number of aliphatic carboxylic acids is 1. The third-order valence-electron chi connectivity index (χ3n) is 4.35. The number of carboxylic acids is 1. The molecule has 4 nitrogen and oxygen atoms in total. The van der Waals surface area contributed by atoms with E-state index in [1.54, 1.807) is 11.0 Å². The van der Waals surface area contributed by atoms with Gasteiger partial charge in [-0.1, -0.05) is 24.3 Å². The van der Waals surface area contributed by atoms with Crippen molar-refractivity contribution in [1.82, 2.24) is 4.90 Å². The number of rotatable bonds is 3. The van der Waals surface area contributed by atoms with Crippen LogP contribution < -0.4 is 0 Å². The van der Waals surface area contributed by atoms with Crippen LogP contribution in [-0.4, -0.2) is 27.6 Å². The van der Waals surface area contributed by atoms with Gasteiger partial charge in [0.25, 0.3) is 0 Å². The number of phenols is 1. The highest BCUT2D eigenvalue weighted by Gasteiger charge is 2.35. The molecule has 3 rings (SSSR count). The van der Waals surface area contributed by atoms with E-state index >= 15 is 0 Å². The summed E-state index contributed by atoms with van der Waals surface area (Å²) in [6.45, 7) is 0.406. The number of hydrogen-bond donors (Lipinski definition) is 2. The molecule has 0 spiro atoms. The van der Waals surface area contributed by atoms with Crippen molar-refractivity contribution in [2.75, 3.05) is 6.54 Å². The van der Waals surface area contributed by atoms with E-state index in [0.29, 0.717) is 17.7 Å². The van der Waals surface area contributed by atoms with Crippen molar-refractivity contribution in [2.24, 2.45) is 0 Å². The SMILES string of the molecule is O=C(O)C1CN(Cc2ccccc2C(F)(F)F)Cc2ccc(O)cc21. The van der Waals surface area contributed by atoms with Gasteiger partial charge in [0.05, 0.1) is 11.5 Å². The molecule has 0 amide bonds. The molecule has 0 bridgehead atoms. The van der Waals surface area contributed by atoms with Crippen molar-refractivity contribution in [1.29, 1.82) is 0 Å². The zero-order chi connectivity index (χ0) is 18.2. The van der Waals surface area contributed by atoms with Crippen molar-refractivity contribution < 1.29 is 28.2 Å². The van der Waals surface area contributed by atoms with Crippen molar-refractivity contribution in [2.45, 2.75) is 25.2 Å². The summed E-state index contributed by atoms with van der Waals surface area (Å²) in [5.74, 6) is -1.99. The molecule has 0 aliphatic carbocycles. The Morgan fingerprint density at radius 2 is 1.92 bits per heavy atom. The second kappa shape index (κ2) is 6.40. The van der Waals surface area contributed by atoms with Crippen LogP contribution in [0.25, 0.3) is 0 Å². The lowest BCUT2D eigenvalue weighted by atomic mass is 9.89. The molecule has 0 saturated heterocycles. The number of halogens is 3. The molecule has 0 fully saturated rings. The molecular formula is C18H16F3NO3. The Bertz CT molecular complexity index is 804. The van der Waals surface area contributed by atoms with E-state index in [9.17, 15) is 28.2 Å². The molecule has 2 aromatic rings. The van der Waals surface area contributed by atoms with Crippen LogP contribution in [0.3, 0.4) is 0 Å². The van der Waals surface area contributed by atoms with Gasteiger partial charge >= 0.3 is 12.1 Å². The first kappa shape index (κ1) is 17.3. The van der Waals surface area contributed by atoms with Gasteiger partial charge in [-0.3, -0.25) is 9.69 Å². The van der Waals surface area contributed by atoms with Gasteiger partial charge in [0.2, 0.25) is 0 Å². The van der Waals surface area contributed by atoms with E-state index in [1.165, 1.54) is 30.3 Å². The molecule has 1 heterocycles. The molecule has 1 aliphatic rings. The molecule has 0 radical (unpaired) electrons. The summed E-state index contributed by atoms with van der Waals surface area (Å²) < 4.78 is 39.5. The lowest BCUT2D eigenvalue weighted by Crippen LogP contribution is -2.36. The second-order valence-corrected chi connectivity index (χ2v) is 6.10. The highest BCUT2D eigenvalue weighted by molar-refractivity contribution is 5.77. The van der Waals surface area contributed by atoms with E-state index in [2.05, 4.69) is 0 Å². The van der Waals surface area contributed by atoms with Gasteiger partial charge in [-0.25, -0.2) is 0 Å². The summed E-state index contributed by atoms with van der Waals surface area (Å²) in [5.41, 5.74) is 0.605. The fourth-order valence-electron chi connectivity index (χ4n) is 3.22.